The van der Waals surface area contributed by atoms with Crippen molar-refractivity contribution in [2.45, 2.75) is 78.7 Å². The summed E-state index contributed by atoms with van der Waals surface area (Å²) >= 11 is 0. The third-order valence-electron chi connectivity index (χ3n) is 4.61. The molecule has 0 unspecified atom stereocenters. The Labute approximate surface area is 131 Å². The van der Waals surface area contributed by atoms with Gasteiger partial charge in [0.2, 0.25) is 0 Å². The van der Waals surface area contributed by atoms with Crippen molar-refractivity contribution in [2.75, 3.05) is 0 Å². The van der Waals surface area contributed by atoms with Gasteiger partial charge in [0.1, 0.15) is 0 Å². The molecule has 0 aromatic heterocycles. The fourth-order valence-electron chi connectivity index (χ4n) is 2.82. The monoisotopic (exact) mass is 290 g/mol. The van der Waals surface area contributed by atoms with E-state index >= 15 is 0 Å². The van der Waals surface area contributed by atoms with Crippen LogP contribution in [0.3, 0.4) is 0 Å². The minimum Gasteiger partial charge on any atom is -0.386 e. The summed E-state index contributed by atoms with van der Waals surface area (Å²) in [7, 11) is 0. The second-order valence-corrected chi connectivity index (χ2v) is 7.34. The average molecular weight is 290 g/mol. The number of hydrogen-bond acceptors (Lipinski definition) is 1. The van der Waals surface area contributed by atoms with E-state index in [1.165, 1.54) is 17.6 Å². The molecule has 0 saturated heterocycles. The van der Waals surface area contributed by atoms with Gasteiger partial charge in [-0.25, -0.2) is 0 Å². The average Bonchev–Trinajstić information content (AvgIpc) is 2.37. The molecule has 0 heterocycles. The largest absolute Gasteiger partial charge is 0.386 e. The van der Waals surface area contributed by atoms with E-state index in [2.05, 4.69) is 45.9 Å². The maximum atomic E-state index is 10.5. The van der Waals surface area contributed by atoms with Crippen LogP contribution >= 0.6 is 0 Å². The highest BCUT2D eigenvalue weighted by Gasteiger charge is 2.17. The number of aliphatic hydroxyl groups is 1. The van der Waals surface area contributed by atoms with Gasteiger partial charge in [-0.05, 0) is 71.1 Å². The van der Waals surface area contributed by atoms with Crippen molar-refractivity contribution in [3.8, 4) is 0 Å². The van der Waals surface area contributed by atoms with Crippen molar-refractivity contribution in [1.82, 2.24) is 0 Å². The number of allylic oxidation sites excluding steroid dienone is 5. The van der Waals surface area contributed by atoms with Crippen LogP contribution in [0.4, 0.5) is 0 Å². The van der Waals surface area contributed by atoms with Crippen molar-refractivity contribution in [3.63, 3.8) is 0 Å². The minimum atomic E-state index is -0.682. The second-order valence-electron chi connectivity index (χ2n) is 7.34. The molecular formula is C20H34O. The zero-order valence-electron chi connectivity index (χ0n) is 14.7. The molecule has 0 bridgehead atoms. The Morgan fingerprint density at radius 1 is 1.10 bits per heavy atom. The normalized spacial score (nSPS) is 36.2. The molecule has 1 aliphatic carbocycles. The SMILES string of the molecule is C/C1=C\CC[C@@](C)(O)/C=C/[C@H](C(C)C)CC/C(C)=C/CC1. The van der Waals surface area contributed by atoms with Gasteiger partial charge in [-0.2, -0.15) is 0 Å². The van der Waals surface area contributed by atoms with Crippen LogP contribution in [0.15, 0.2) is 35.5 Å². The highest BCUT2D eigenvalue weighted by Crippen LogP contribution is 2.25. The van der Waals surface area contributed by atoms with Gasteiger partial charge in [0.15, 0.2) is 0 Å². The predicted molar refractivity (Wildman–Crippen MR) is 93.3 cm³/mol. The molecule has 0 spiro atoms. The van der Waals surface area contributed by atoms with Crippen LogP contribution in [0, 0.1) is 11.8 Å². The molecular weight excluding hydrogens is 256 g/mol. The Kier molecular flexibility index (Phi) is 7.45. The molecule has 0 saturated carbocycles. The van der Waals surface area contributed by atoms with Crippen molar-refractivity contribution in [3.05, 3.63) is 35.5 Å². The molecule has 1 rings (SSSR count). The summed E-state index contributed by atoms with van der Waals surface area (Å²) in [5.41, 5.74) is 2.26. The van der Waals surface area contributed by atoms with Gasteiger partial charge >= 0.3 is 0 Å². The smallest absolute Gasteiger partial charge is 0.0802 e. The summed E-state index contributed by atoms with van der Waals surface area (Å²) in [5, 5.41) is 10.5. The number of hydrogen-bond donors (Lipinski definition) is 1. The van der Waals surface area contributed by atoms with Crippen molar-refractivity contribution >= 4 is 0 Å². The molecule has 0 aliphatic heterocycles. The lowest BCUT2D eigenvalue weighted by atomic mass is 9.87. The topological polar surface area (TPSA) is 20.2 Å². The van der Waals surface area contributed by atoms with E-state index in [0.29, 0.717) is 11.8 Å². The lowest BCUT2D eigenvalue weighted by Gasteiger charge is -2.22. The minimum absolute atomic E-state index is 0.556. The molecule has 1 nitrogen and oxygen atoms in total. The molecule has 1 N–H and O–H groups in total. The van der Waals surface area contributed by atoms with E-state index in [9.17, 15) is 5.11 Å². The summed E-state index contributed by atoms with van der Waals surface area (Å²) in [4.78, 5) is 0. The van der Waals surface area contributed by atoms with Crippen LogP contribution in [0.5, 0.6) is 0 Å². The Bertz CT molecular complexity index is 396. The molecule has 0 fully saturated rings. The van der Waals surface area contributed by atoms with Gasteiger partial charge in [-0.3, -0.25) is 0 Å². The number of rotatable bonds is 1. The van der Waals surface area contributed by atoms with Gasteiger partial charge in [0.05, 0.1) is 5.60 Å². The van der Waals surface area contributed by atoms with Crippen molar-refractivity contribution in [1.29, 1.82) is 0 Å². The molecule has 0 aromatic carbocycles. The van der Waals surface area contributed by atoms with E-state index < -0.39 is 5.60 Å². The Hall–Kier alpha value is -0.820. The highest BCUT2D eigenvalue weighted by atomic mass is 16.3. The van der Waals surface area contributed by atoms with Crippen LogP contribution in [0.25, 0.3) is 0 Å². The molecule has 0 aromatic rings. The quantitative estimate of drug-likeness (QED) is 0.604. The zero-order valence-corrected chi connectivity index (χ0v) is 14.7. The first-order valence-electron chi connectivity index (χ1n) is 8.53. The standard InChI is InChI=1S/C20H34O/c1-16(2)19-12-11-18(4)9-6-8-17(3)10-7-14-20(5,21)15-13-19/h9-10,13,15-16,19,21H,6-8,11-12,14H2,1-5H3/b15-13+,17-10+,18-9+/t19-,20-/m1/s1. The van der Waals surface area contributed by atoms with Crippen LogP contribution in [0.2, 0.25) is 0 Å². The van der Waals surface area contributed by atoms with E-state index in [4.69, 9.17) is 0 Å². The van der Waals surface area contributed by atoms with E-state index in [0.717, 1.165) is 32.1 Å². The first-order chi connectivity index (χ1) is 9.80. The molecule has 1 aliphatic rings. The van der Waals surface area contributed by atoms with E-state index in [1.807, 2.05) is 13.0 Å². The summed E-state index contributed by atoms with van der Waals surface area (Å²) in [6.45, 7) is 10.9. The fourth-order valence-corrected chi connectivity index (χ4v) is 2.82. The third-order valence-corrected chi connectivity index (χ3v) is 4.61. The summed E-state index contributed by atoms with van der Waals surface area (Å²) in [6, 6.07) is 0. The van der Waals surface area contributed by atoms with Gasteiger partial charge in [0, 0.05) is 0 Å². The van der Waals surface area contributed by atoms with Crippen LogP contribution in [-0.2, 0) is 0 Å². The first-order valence-corrected chi connectivity index (χ1v) is 8.53. The van der Waals surface area contributed by atoms with Crippen molar-refractivity contribution < 1.29 is 5.11 Å². The molecule has 1 heteroatoms. The van der Waals surface area contributed by atoms with E-state index in [-0.39, 0.29) is 0 Å². The maximum absolute atomic E-state index is 10.5. The lowest BCUT2D eigenvalue weighted by Crippen LogP contribution is -2.21. The molecule has 120 valence electrons. The van der Waals surface area contributed by atoms with Crippen LogP contribution < -0.4 is 0 Å². The lowest BCUT2D eigenvalue weighted by molar-refractivity contribution is 0.102. The highest BCUT2D eigenvalue weighted by molar-refractivity contribution is 5.08. The molecule has 21 heavy (non-hydrogen) atoms. The maximum Gasteiger partial charge on any atom is 0.0802 e. The third kappa shape index (κ3) is 7.66. The van der Waals surface area contributed by atoms with E-state index in [1.54, 1.807) is 0 Å². The van der Waals surface area contributed by atoms with Crippen molar-refractivity contribution in [2.24, 2.45) is 11.8 Å². The Balaban J connectivity index is 2.87. The molecule has 0 amide bonds. The van der Waals surface area contributed by atoms with Gasteiger partial charge < -0.3 is 5.11 Å². The second kappa shape index (κ2) is 8.58. The van der Waals surface area contributed by atoms with Gasteiger partial charge in [-0.1, -0.05) is 49.3 Å². The van der Waals surface area contributed by atoms with Crippen LogP contribution in [0.1, 0.15) is 73.1 Å². The fraction of sp³-hybridized carbons (Fsp3) is 0.700. The summed E-state index contributed by atoms with van der Waals surface area (Å²) < 4.78 is 0. The van der Waals surface area contributed by atoms with Gasteiger partial charge in [-0.15, -0.1) is 0 Å². The zero-order chi connectivity index (χ0) is 15.9. The van der Waals surface area contributed by atoms with Crippen LogP contribution in [-0.4, -0.2) is 10.7 Å². The molecule has 0 radical (unpaired) electrons. The first kappa shape index (κ1) is 18.2. The Morgan fingerprint density at radius 2 is 1.71 bits per heavy atom. The summed E-state index contributed by atoms with van der Waals surface area (Å²) in [6.07, 6.45) is 15.4. The molecule has 2 atom stereocenters. The predicted octanol–water partition coefficient (Wildman–Crippen LogP) is 5.81. The van der Waals surface area contributed by atoms with Gasteiger partial charge in [0.25, 0.3) is 0 Å². The Morgan fingerprint density at radius 3 is 2.38 bits per heavy atom. The summed E-state index contributed by atoms with van der Waals surface area (Å²) in [5.74, 6) is 1.18.